The van der Waals surface area contributed by atoms with E-state index < -0.39 is 0 Å². The maximum absolute atomic E-state index is 11.5. The first kappa shape index (κ1) is 14.2. The summed E-state index contributed by atoms with van der Waals surface area (Å²) < 4.78 is 0. The molecule has 1 heterocycles. The van der Waals surface area contributed by atoms with Crippen molar-refractivity contribution in [3.8, 4) is 0 Å². The fraction of sp³-hybridized carbons (Fsp3) is 0.462. The molecule has 2 N–H and O–H groups in total. The molecule has 0 radical (unpaired) electrons. The molecule has 18 heavy (non-hydrogen) atoms. The predicted octanol–water partition coefficient (Wildman–Crippen LogP) is 0.860. The standard InChI is InChI=1S/C13H19N3O2/c1-10(2)8-15-12(17)7-13(18)16-9-11-5-3-4-6-14-11/h3-6,10H,7-9H2,1-2H3,(H,15,17)(H,16,18). The van der Waals surface area contributed by atoms with Gasteiger partial charge in [0.15, 0.2) is 0 Å². The normalized spacial score (nSPS) is 10.2. The van der Waals surface area contributed by atoms with Gasteiger partial charge in [-0.1, -0.05) is 19.9 Å². The number of amides is 2. The van der Waals surface area contributed by atoms with Crippen molar-refractivity contribution in [2.24, 2.45) is 5.92 Å². The zero-order valence-corrected chi connectivity index (χ0v) is 10.8. The third-order valence-corrected chi connectivity index (χ3v) is 2.22. The maximum atomic E-state index is 11.5. The van der Waals surface area contributed by atoms with Crippen LogP contribution in [0.4, 0.5) is 0 Å². The molecular weight excluding hydrogens is 230 g/mol. The van der Waals surface area contributed by atoms with E-state index in [-0.39, 0.29) is 18.2 Å². The van der Waals surface area contributed by atoms with Crippen molar-refractivity contribution in [2.75, 3.05) is 6.54 Å². The summed E-state index contributed by atoms with van der Waals surface area (Å²) in [5, 5.41) is 5.35. The van der Waals surface area contributed by atoms with Crippen LogP contribution in [0.5, 0.6) is 0 Å². The zero-order chi connectivity index (χ0) is 13.4. The Morgan fingerprint density at radius 1 is 1.22 bits per heavy atom. The van der Waals surface area contributed by atoms with Crippen LogP contribution in [0.3, 0.4) is 0 Å². The topological polar surface area (TPSA) is 71.1 Å². The lowest BCUT2D eigenvalue weighted by atomic mass is 10.2. The Kier molecular flexibility index (Phi) is 5.84. The van der Waals surface area contributed by atoms with Crippen molar-refractivity contribution in [2.45, 2.75) is 26.8 Å². The van der Waals surface area contributed by atoms with Gasteiger partial charge >= 0.3 is 0 Å². The Balaban J connectivity index is 2.23. The average Bonchev–Trinajstić information content (AvgIpc) is 2.35. The summed E-state index contributed by atoms with van der Waals surface area (Å²) >= 11 is 0. The van der Waals surface area contributed by atoms with Crippen molar-refractivity contribution >= 4 is 11.8 Å². The van der Waals surface area contributed by atoms with Gasteiger partial charge < -0.3 is 10.6 Å². The van der Waals surface area contributed by atoms with Gasteiger partial charge in [-0.3, -0.25) is 14.6 Å². The molecule has 0 unspecified atom stereocenters. The molecule has 98 valence electrons. The predicted molar refractivity (Wildman–Crippen MR) is 68.5 cm³/mol. The van der Waals surface area contributed by atoms with Crippen LogP contribution in [0, 0.1) is 5.92 Å². The molecule has 0 bridgehead atoms. The van der Waals surface area contributed by atoms with E-state index in [1.807, 2.05) is 32.0 Å². The van der Waals surface area contributed by atoms with Crippen LogP contribution < -0.4 is 10.6 Å². The molecule has 0 spiro atoms. The molecule has 0 atom stereocenters. The molecule has 5 nitrogen and oxygen atoms in total. The van der Waals surface area contributed by atoms with Gasteiger partial charge in [0.05, 0.1) is 12.2 Å². The molecule has 0 aromatic carbocycles. The number of hydrogen-bond donors (Lipinski definition) is 2. The lowest BCUT2D eigenvalue weighted by molar-refractivity contribution is -0.129. The highest BCUT2D eigenvalue weighted by atomic mass is 16.2. The monoisotopic (exact) mass is 249 g/mol. The second-order valence-corrected chi connectivity index (χ2v) is 4.47. The molecule has 0 fully saturated rings. The second kappa shape index (κ2) is 7.42. The van der Waals surface area contributed by atoms with Crippen molar-refractivity contribution < 1.29 is 9.59 Å². The highest BCUT2D eigenvalue weighted by Crippen LogP contribution is 1.93. The minimum absolute atomic E-state index is 0.139. The maximum Gasteiger partial charge on any atom is 0.229 e. The van der Waals surface area contributed by atoms with Crippen LogP contribution in [-0.4, -0.2) is 23.3 Å². The van der Waals surface area contributed by atoms with Gasteiger partial charge in [0.1, 0.15) is 6.42 Å². The second-order valence-electron chi connectivity index (χ2n) is 4.47. The Morgan fingerprint density at radius 2 is 1.94 bits per heavy atom. The van der Waals surface area contributed by atoms with Gasteiger partial charge in [-0.05, 0) is 18.1 Å². The van der Waals surface area contributed by atoms with E-state index in [1.165, 1.54) is 0 Å². The summed E-state index contributed by atoms with van der Waals surface area (Å²) in [6.45, 7) is 4.94. The number of aromatic nitrogens is 1. The molecule has 0 aliphatic heterocycles. The molecule has 0 aliphatic rings. The zero-order valence-electron chi connectivity index (χ0n) is 10.8. The smallest absolute Gasteiger partial charge is 0.229 e. The van der Waals surface area contributed by atoms with E-state index >= 15 is 0 Å². The quantitative estimate of drug-likeness (QED) is 0.735. The van der Waals surface area contributed by atoms with E-state index in [2.05, 4.69) is 15.6 Å². The number of nitrogens with one attached hydrogen (secondary N) is 2. The number of hydrogen-bond acceptors (Lipinski definition) is 3. The van der Waals surface area contributed by atoms with Gasteiger partial charge in [-0.2, -0.15) is 0 Å². The van der Waals surface area contributed by atoms with E-state index in [0.717, 1.165) is 5.69 Å². The fourth-order valence-electron chi connectivity index (χ4n) is 1.28. The van der Waals surface area contributed by atoms with Crippen molar-refractivity contribution in [3.05, 3.63) is 30.1 Å². The number of carbonyl (C=O) groups is 2. The van der Waals surface area contributed by atoms with E-state index in [4.69, 9.17) is 0 Å². The van der Waals surface area contributed by atoms with Crippen LogP contribution in [0.25, 0.3) is 0 Å². The van der Waals surface area contributed by atoms with E-state index in [9.17, 15) is 9.59 Å². The molecule has 1 rings (SSSR count). The summed E-state index contributed by atoms with van der Waals surface area (Å²) in [5.41, 5.74) is 0.772. The first-order valence-corrected chi connectivity index (χ1v) is 6.01. The Hall–Kier alpha value is -1.91. The molecule has 1 aromatic heterocycles. The van der Waals surface area contributed by atoms with Crippen molar-refractivity contribution in [3.63, 3.8) is 0 Å². The number of rotatable bonds is 6. The third kappa shape index (κ3) is 5.98. The number of pyridine rings is 1. The average molecular weight is 249 g/mol. The SMILES string of the molecule is CC(C)CNC(=O)CC(=O)NCc1ccccn1. The Labute approximate surface area is 107 Å². The van der Waals surface area contributed by atoms with Gasteiger partial charge in [0.2, 0.25) is 11.8 Å². The highest BCUT2D eigenvalue weighted by molar-refractivity contribution is 5.96. The summed E-state index contributed by atoms with van der Waals surface area (Å²) in [6, 6.07) is 5.48. The minimum Gasteiger partial charge on any atom is -0.355 e. The van der Waals surface area contributed by atoms with Crippen molar-refractivity contribution in [1.82, 2.24) is 15.6 Å². The molecular formula is C13H19N3O2. The van der Waals surface area contributed by atoms with Crippen molar-refractivity contribution in [1.29, 1.82) is 0 Å². The largest absolute Gasteiger partial charge is 0.355 e. The number of carbonyl (C=O) groups excluding carboxylic acids is 2. The van der Waals surface area contributed by atoms with Gasteiger partial charge in [0, 0.05) is 12.7 Å². The van der Waals surface area contributed by atoms with Crippen LogP contribution in [0.15, 0.2) is 24.4 Å². The Bertz CT molecular complexity index is 390. The summed E-state index contributed by atoms with van der Waals surface area (Å²) in [6.07, 6.45) is 1.52. The van der Waals surface area contributed by atoms with E-state index in [0.29, 0.717) is 19.0 Å². The van der Waals surface area contributed by atoms with Gasteiger partial charge in [-0.15, -0.1) is 0 Å². The third-order valence-electron chi connectivity index (χ3n) is 2.22. The lowest BCUT2D eigenvalue weighted by Gasteiger charge is -2.08. The molecule has 1 aromatic rings. The summed E-state index contributed by atoms with van der Waals surface area (Å²) in [7, 11) is 0. The van der Waals surface area contributed by atoms with E-state index in [1.54, 1.807) is 6.20 Å². The lowest BCUT2D eigenvalue weighted by Crippen LogP contribution is -2.33. The highest BCUT2D eigenvalue weighted by Gasteiger charge is 2.09. The Morgan fingerprint density at radius 3 is 2.56 bits per heavy atom. The first-order valence-electron chi connectivity index (χ1n) is 6.01. The fourth-order valence-corrected chi connectivity index (χ4v) is 1.28. The van der Waals surface area contributed by atoms with Crippen LogP contribution >= 0.6 is 0 Å². The molecule has 5 heteroatoms. The summed E-state index contributed by atoms with van der Waals surface area (Å²) in [5.74, 6) is -0.158. The molecule has 2 amide bonds. The van der Waals surface area contributed by atoms with Gasteiger partial charge in [0.25, 0.3) is 0 Å². The van der Waals surface area contributed by atoms with Gasteiger partial charge in [-0.25, -0.2) is 0 Å². The molecule has 0 saturated heterocycles. The minimum atomic E-state index is -0.290. The van der Waals surface area contributed by atoms with Crippen LogP contribution in [-0.2, 0) is 16.1 Å². The molecule has 0 saturated carbocycles. The molecule has 0 aliphatic carbocycles. The first-order chi connectivity index (χ1) is 8.58. The van der Waals surface area contributed by atoms with Crippen LogP contribution in [0.1, 0.15) is 26.0 Å². The van der Waals surface area contributed by atoms with Crippen LogP contribution in [0.2, 0.25) is 0 Å². The summed E-state index contributed by atoms with van der Waals surface area (Å²) in [4.78, 5) is 26.9. The number of nitrogens with zero attached hydrogens (tertiary/aromatic N) is 1.